The smallest absolute Gasteiger partial charge is 0.253 e. The number of benzene rings is 3. The van der Waals surface area contributed by atoms with Crippen LogP contribution in [0.2, 0.25) is 5.02 Å². The summed E-state index contributed by atoms with van der Waals surface area (Å²) in [5.74, 6) is 0.611. The molecule has 1 aliphatic heterocycles. The highest BCUT2D eigenvalue weighted by Crippen LogP contribution is 2.30. The van der Waals surface area contributed by atoms with Gasteiger partial charge in [-0.3, -0.25) is 4.79 Å². The third-order valence-electron chi connectivity index (χ3n) is 6.28. The molecule has 6 rings (SSSR count). The van der Waals surface area contributed by atoms with Crippen molar-refractivity contribution in [2.45, 2.75) is 0 Å². The van der Waals surface area contributed by atoms with E-state index in [4.69, 9.17) is 16.6 Å². The molecule has 9 heteroatoms. The number of carbonyl (C=O) groups is 1. The first-order valence-corrected chi connectivity index (χ1v) is 11.7. The number of hydrogen-bond acceptors (Lipinski definition) is 5. The van der Waals surface area contributed by atoms with E-state index in [-0.39, 0.29) is 11.7 Å². The molecule has 35 heavy (non-hydrogen) atoms. The van der Waals surface area contributed by atoms with Crippen LogP contribution in [-0.4, -0.2) is 56.6 Å². The lowest BCUT2D eigenvalue weighted by Crippen LogP contribution is -2.49. The van der Waals surface area contributed by atoms with E-state index in [1.807, 2.05) is 33.6 Å². The number of hydrogen-bond donors (Lipinski definition) is 0. The fourth-order valence-corrected chi connectivity index (χ4v) is 4.61. The second-order valence-electron chi connectivity index (χ2n) is 8.38. The van der Waals surface area contributed by atoms with Gasteiger partial charge in [0.2, 0.25) is 5.95 Å². The van der Waals surface area contributed by atoms with Gasteiger partial charge in [-0.2, -0.15) is 0 Å². The SMILES string of the molecule is O=C(c1ccc(Cl)cc1)N1CCN(c2nc3ccccc3c3nnc(-c4ccccc4F)n23)CC1. The Hall–Kier alpha value is -4.04. The van der Waals surface area contributed by atoms with Crippen molar-refractivity contribution in [1.29, 1.82) is 0 Å². The zero-order valence-electron chi connectivity index (χ0n) is 18.6. The van der Waals surface area contributed by atoms with Gasteiger partial charge in [0.15, 0.2) is 11.5 Å². The molecule has 1 amide bonds. The Morgan fingerprint density at radius 2 is 1.57 bits per heavy atom. The molecule has 1 saturated heterocycles. The fourth-order valence-electron chi connectivity index (χ4n) is 4.48. The summed E-state index contributed by atoms with van der Waals surface area (Å²) in [5, 5.41) is 10.2. The largest absolute Gasteiger partial charge is 0.338 e. The number of para-hydroxylation sites is 1. The summed E-state index contributed by atoms with van der Waals surface area (Å²) in [7, 11) is 0. The first-order valence-electron chi connectivity index (χ1n) is 11.3. The third kappa shape index (κ3) is 3.76. The van der Waals surface area contributed by atoms with Gasteiger partial charge in [0.05, 0.1) is 11.1 Å². The van der Waals surface area contributed by atoms with E-state index < -0.39 is 0 Å². The average molecular weight is 487 g/mol. The van der Waals surface area contributed by atoms with Crippen molar-refractivity contribution in [2.24, 2.45) is 0 Å². The molecule has 0 bridgehead atoms. The number of rotatable bonds is 3. The quantitative estimate of drug-likeness (QED) is 0.370. The molecule has 0 atom stereocenters. The predicted molar refractivity (Wildman–Crippen MR) is 133 cm³/mol. The van der Waals surface area contributed by atoms with E-state index in [9.17, 15) is 9.18 Å². The summed E-state index contributed by atoms with van der Waals surface area (Å²) in [6.45, 7) is 2.17. The minimum absolute atomic E-state index is 0.0331. The van der Waals surface area contributed by atoms with Crippen molar-refractivity contribution in [3.63, 3.8) is 0 Å². The van der Waals surface area contributed by atoms with Crippen LogP contribution in [0, 0.1) is 5.82 Å². The van der Waals surface area contributed by atoms with Gasteiger partial charge in [0.25, 0.3) is 5.91 Å². The van der Waals surface area contributed by atoms with E-state index in [2.05, 4.69) is 15.1 Å². The molecular weight excluding hydrogens is 467 g/mol. The second-order valence-corrected chi connectivity index (χ2v) is 8.81. The maximum Gasteiger partial charge on any atom is 0.253 e. The molecule has 1 aliphatic rings. The van der Waals surface area contributed by atoms with Crippen molar-refractivity contribution >= 4 is 40.0 Å². The molecular formula is C26H20ClFN6O. The number of fused-ring (bicyclic) bond motifs is 3. The topological polar surface area (TPSA) is 66.6 Å². The van der Waals surface area contributed by atoms with E-state index in [1.165, 1.54) is 6.07 Å². The van der Waals surface area contributed by atoms with E-state index in [0.29, 0.717) is 59.7 Å². The van der Waals surface area contributed by atoms with Crippen molar-refractivity contribution in [1.82, 2.24) is 24.5 Å². The van der Waals surface area contributed by atoms with Crippen LogP contribution in [-0.2, 0) is 0 Å². The molecule has 0 spiro atoms. The molecule has 3 heterocycles. The highest BCUT2D eigenvalue weighted by atomic mass is 35.5. The Bertz CT molecular complexity index is 1560. The third-order valence-corrected chi connectivity index (χ3v) is 6.54. The molecule has 5 aromatic rings. The van der Waals surface area contributed by atoms with Crippen LogP contribution in [0.15, 0.2) is 72.8 Å². The van der Waals surface area contributed by atoms with Gasteiger partial charge < -0.3 is 9.80 Å². The van der Waals surface area contributed by atoms with Gasteiger partial charge in [-0.05, 0) is 48.5 Å². The fraction of sp³-hybridized carbons (Fsp3) is 0.154. The van der Waals surface area contributed by atoms with Crippen LogP contribution < -0.4 is 4.90 Å². The van der Waals surface area contributed by atoms with E-state index in [0.717, 1.165) is 10.9 Å². The molecule has 0 aliphatic carbocycles. The van der Waals surface area contributed by atoms with Gasteiger partial charge in [0.1, 0.15) is 5.82 Å². The lowest BCUT2D eigenvalue weighted by Gasteiger charge is -2.35. The molecule has 7 nitrogen and oxygen atoms in total. The standard InChI is InChI=1S/C26H20ClFN6O/c27-18-11-9-17(10-12-18)25(35)32-13-15-33(16-14-32)26-29-22-8-4-2-6-20(22)24-31-30-23(34(24)26)19-5-1-3-7-21(19)28/h1-12H,13-16H2. The molecule has 2 aromatic heterocycles. The summed E-state index contributed by atoms with van der Waals surface area (Å²) < 4.78 is 16.5. The number of halogens is 2. The highest BCUT2D eigenvalue weighted by molar-refractivity contribution is 6.30. The number of carbonyl (C=O) groups excluding carboxylic acids is 1. The van der Waals surface area contributed by atoms with Crippen molar-refractivity contribution < 1.29 is 9.18 Å². The lowest BCUT2D eigenvalue weighted by atomic mass is 10.2. The Morgan fingerprint density at radius 3 is 2.34 bits per heavy atom. The van der Waals surface area contributed by atoms with E-state index >= 15 is 0 Å². The van der Waals surface area contributed by atoms with Crippen LogP contribution in [0.5, 0.6) is 0 Å². The molecule has 3 aromatic carbocycles. The zero-order valence-corrected chi connectivity index (χ0v) is 19.4. The minimum Gasteiger partial charge on any atom is -0.338 e. The molecule has 174 valence electrons. The zero-order chi connectivity index (χ0) is 23.9. The Kier molecular flexibility index (Phi) is 5.30. The average Bonchev–Trinajstić information content (AvgIpc) is 3.34. The Morgan fingerprint density at radius 1 is 0.857 bits per heavy atom. The van der Waals surface area contributed by atoms with Gasteiger partial charge >= 0.3 is 0 Å². The number of aromatic nitrogens is 4. The van der Waals surface area contributed by atoms with Crippen molar-refractivity contribution in [3.05, 3.63) is 89.2 Å². The number of nitrogens with zero attached hydrogens (tertiary/aromatic N) is 6. The minimum atomic E-state index is -0.376. The monoisotopic (exact) mass is 486 g/mol. The van der Waals surface area contributed by atoms with Crippen LogP contribution in [0.4, 0.5) is 10.3 Å². The summed E-state index contributed by atoms with van der Waals surface area (Å²) in [6.07, 6.45) is 0. The Labute approximate surface area is 205 Å². The van der Waals surface area contributed by atoms with Crippen LogP contribution in [0.3, 0.4) is 0 Å². The van der Waals surface area contributed by atoms with Gasteiger partial charge in [-0.1, -0.05) is 35.9 Å². The number of anilines is 1. The van der Waals surface area contributed by atoms with Crippen LogP contribution in [0.1, 0.15) is 10.4 Å². The van der Waals surface area contributed by atoms with Crippen LogP contribution >= 0.6 is 11.6 Å². The maximum atomic E-state index is 14.7. The number of amides is 1. The van der Waals surface area contributed by atoms with Gasteiger partial charge in [-0.15, -0.1) is 10.2 Å². The second kappa shape index (κ2) is 8.63. The van der Waals surface area contributed by atoms with Crippen molar-refractivity contribution in [3.8, 4) is 11.4 Å². The molecule has 0 saturated carbocycles. The first kappa shape index (κ1) is 21.5. The molecule has 1 fully saturated rings. The summed E-state index contributed by atoms with van der Waals surface area (Å²) >= 11 is 5.96. The first-order chi connectivity index (χ1) is 17.1. The number of piperazine rings is 1. The van der Waals surface area contributed by atoms with E-state index in [1.54, 1.807) is 42.5 Å². The molecule has 0 radical (unpaired) electrons. The van der Waals surface area contributed by atoms with Crippen LogP contribution in [0.25, 0.3) is 27.9 Å². The Balaban J connectivity index is 1.39. The lowest BCUT2D eigenvalue weighted by molar-refractivity contribution is 0.0746. The predicted octanol–water partition coefficient (Wildman–Crippen LogP) is 4.70. The highest BCUT2D eigenvalue weighted by Gasteiger charge is 2.27. The summed E-state index contributed by atoms with van der Waals surface area (Å²) in [6, 6.07) is 21.1. The van der Waals surface area contributed by atoms with Crippen molar-refractivity contribution in [2.75, 3.05) is 31.1 Å². The normalized spacial score (nSPS) is 14.1. The summed E-state index contributed by atoms with van der Waals surface area (Å²) in [4.78, 5) is 21.8. The molecule has 0 N–H and O–H groups in total. The summed E-state index contributed by atoms with van der Waals surface area (Å²) in [5.41, 5.74) is 2.36. The maximum absolute atomic E-state index is 14.7. The van der Waals surface area contributed by atoms with Gasteiger partial charge in [0, 0.05) is 42.2 Å². The van der Waals surface area contributed by atoms with Gasteiger partial charge in [-0.25, -0.2) is 13.8 Å². The molecule has 0 unspecified atom stereocenters.